The third-order valence-electron chi connectivity index (χ3n) is 2.97. The summed E-state index contributed by atoms with van der Waals surface area (Å²) >= 11 is 0. The zero-order valence-corrected chi connectivity index (χ0v) is 10.2. The van der Waals surface area contributed by atoms with E-state index in [9.17, 15) is 5.11 Å². The minimum Gasteiger partial charge on any atom is -0.387 e. The number of nitrogens with zero attached hydrogens (tertiary/aromatic N) is 1. The van der Waals surface area contributed by atoms with E-state index < -0.39 is 6.10 Å². The van der Waals surface area contributed by atoms with E-state index in [0.29, 0.717) is 0 Å². The van der Waals surface area contributed by atoms with Crippen molar-refractivity contribution in [2.24, 2.45) is 0 Å². The first-order valence-electron chi connectivity index (χ1n) is 5.98. The Hall–Kier alpha value is -1.45. The maximum absolute atomic E-state index is 10.2. The van der Waals surface area contributed by atoms with Crippen LogP contribution in [-0.2, 0) is 0 Å². The topological polar surface area (TPSA) is 45.1 Å². The third kappa shape index (κ3) is 2.62. The second kappa shape index (κ2) is 5.25. The Morgan fingerprint density at radius 3 is 2.94 bits per heavy atom. The Morgan fingerprint density at radius 2 is 2.18 bits per heavy atom. The zero-order valence-electron chi connectivity index (χ0n) is 10.2. The molecule has 0 bridgehead atoms. The minimum absolute atomic E-state index is 0.0501. The maximum Gasteiger partial charge on any atom is 0.0940 e. The van der Waals surface area contributed by atoms with Gasteiger partial charge in [-0.15, -0.1) is 0 Å². The number of hydrogen-bond acceptors (Lipinski definition) is 3. The quantitative estimate of drug-likeness (QED) is 0.847. The van der Waals surface area contributed by atoms with Crippen molar-refractivity contribution < 1.29 is 5.11 Å². The number of fused-ring (bicyclic) bond motifs is 1. The smallest absolute Gasteiger partial charge is 0.0940 e. The van der Waals surface area contributed by atoms with E-state index in [0.717, 1.165) is 23.0 Å². The van der Waals surface area contributed by atoms with Crippen LogP contribution in [0.2, 0.25) is 0 Å². The molecule has 17 heavy (non-hydrogen) atoms. The Bertz CT molecular complexity index is 498. The second-order valence-electron chi connectivity index (χ2n) is 4.25. The molecule has 2 rings (SSSR count). The van der Waals surface area contributed by atoms with Crippen LogP contribution in [0.15, 0.2) is 36.5 Å². The van der Waals surface area contributed by atoms with E-state index in [4.69, 9.17) is 0 Å². The van der Waals surface area contributed by atoms with Crippen LogP contribution in [0.3, 0.4) is 0 Å². The molecule has 0 spiro atoms. The first-order valence-corrected chi connectivity index (χ1v) is 5.98. The van der Waals surface area contributed by atoms with Gasteiger partial charge in [-0.3, -0.25) is 4.98 Å². The summed E-state index contributed by atoms with van der Waals surface area (Å²) in [7, 11) is 0. The van der Waals surface area contributed by atoms with E-state index in [-0.39, 0.29) is 6.04 Å². The molecule has 2 atom stereocenters. The van der Waals surface area contributed by atoms with E-state index in [1.54, 1.807) is 6.20 Å². The van der Waals surface area contributed by atoms with Crippen molar-refractivity contribution in [3.05, 3.63) is 42.1 Å². The van der Waals surface area contributed by atoms with Gasteiger partial charge in [-0.05, 0) is 37.2 Å². The monoisotopic (exact) mass is 230 g/mol. The number of aromatic nitrogens is 1. The highest BCUT2D eigenvalue weighted by Gasteiger charge is 2.15. The number of hydrogen-bond donors (Lipinski definition) is 2. The van der Waals surface area contributed by atoms with Crippen molar-refractivity contribution in [1.29, 1.82) is 0 Å². The lowest BCUT2D eigenvalue weighted by molar-refractivity contribution is 0.137. The summed E-state index contributed by atoms with van der Waals surface area (Å²) < 4.78 is 0. The Labute approximate surface area is 102 Å². The summed E-state index contributed by atoms with van der Waals surface area (Å²) in [5.41, 5.74) is 1.89. The molecule has 1 aromatic carbocycles. The average Bonchev–Trinajstić information content (AvgIpc) is 2.37. The lowest BCUT2D eigenvalue weighted by atomic mass is 10.0. The van der Waals surface area contributed by atoms with Gasteiger partial charge in [0.2, 0.25) is 0 Å². The van der Waals surface area contributed by atoms with Crippen LogP contribution in [0.5, 0.6) is 0 Å². The molecule has 1 heterocycles. The number of aliphatic hydroxyl groups excluding tert-OH is 1. The first kappa shape index (κ1) is 12.0. The van der Waals surface area contributed by atoms with Crippen LogP contribution in [0.4, 0.5) is 0 Å². The van der Waals surface area contributed by atoms with Gasteiger partial charge in [-0.1, -0.05) is 19.1 Å². The molecule has 1 aromatic heterocycles. The van der Waals surface area contributed by atoms with E-state index >= 15 is 0 Å². The second-order valence-corrected chi connectivity index (χ2v) is 4.25. The molecule has 0 saturated carbocycles. The van der Waals surface area contributed by atoms with Crippen molar-refractivity contribution in [1.82, 2.24) is 10.3 Å². The number of likely N-dealkylation sites (N-methyl/N-ethyl adjacent to an activating group) is 1. The summed E-state index contributed by atoms with van der Waals surface area (Å²) in [6, 6.07) is 9.86. The Morgan fingerprint density at radius 1 is 1.35 bits per heavy atom. The van der Waals surface area contributed by atoms with Crippen LogP contribution >= 0.6 is 0 Å². The van der Waals surface area contributed by atoms with Crippen molar-refractivity contribution in [3.63, 3.8) is 0 Å². The molecular formula is C14H18N2O. The molecule has 0 radical (unpaired) electrons. The largest absolute Gasteiger partial charge is 0.387 e. The van der Waals surface area contributed by atoms with Gasteiger partial charge in [0.15, 0.2) is 0 Å². The molecule has 2 N–H and O–H groups in total. The van der Waals surface area contributed by atoms with Crippen LogP contribution < -0.4 is 5.32 Å². The van der Waals surface area contributed by atoms with Gasteiger partial charge in [-0.2, -0.15) is 0 Å². The predicted octanol–water partition coefficient (Wildman–Crippen LogP) is 2.27. The predicted molar refractivity (Wildman–Crippen MR) is 69.8 cm³/mol. The van der Waals surface area contributed by atoms with Crippen molar-refractivity contribution >= 4 is 10.9 Å². The number of nitrogens with one attached hydrogen (secondary N) is 1. The van der Waals surface area contributed by atoms with Gasteiger partial charge in [0, 0.05) is 17.6 Å². The average molecular weight is 230 g/mol. The summed E-state index contributed by atoms with van der Waals surface area (Å²) in [6.07, 6.45) is 1.29. The Kier molecular flexibility index (Phi) is 3.71. The van der Waals surface area contributed by atoms with Gasteiger partial charge in [-0.25, -0.2) is 0 Å². The van der Waals surface area contributed by atoms with Gasteiger partial charge >= 0.3 is 0 Å². The fraction of sp³-hybridized carbons (Fsp3) is 0.357. The number of rotatable bonds is 4. The molecule has 0 aliphatic rings. The van der Waals surface area contributed by atoms with Crippen LogP contribution in [0.25, 0.3) is 10.9 Å². The molecule has 2 unspecified atom stereocenters. The molecule has 0 saturated heterocycles. The summed E-state index contributed by atoms with van der Waals surface area (Å²) in [5, 5.41) is 14.5. The van der Waals surface area contributed by atoms with E-state index in [1.807, 2.05) is 44.2 Å². The molecule has 0 aliphatic carbocycles. The maximum atomic E-state index is 10.2. The highest BCUT2D eigenvalue weighted by Crippen LogP contribution is 2.21. The van der Waals surface area contributed by atoms with Crippen molar-refractivity contribution in [2.45, 2.75) is 26.0 Å². The Balaban J connectivity index is 2.29. The zero-order chi connectivity index (χ0) is 12.3. The number of aliphatic hydroxyl groups is 1. The standard InChI is InChI=1S/C14H18N2O/c1-3-15-10(2)14(17)12-6-7-13-11(9-12)5-4-8-16-13/h4-10,14-15,17H,3H2,1-2H3. The van der Waals surface area contributed by atoms with Crippen LogP contribution in [0.1, 0.15) is 25.5 Å². The number of benzene rings is 1. The first-order chi connectivity index (χ1) is 8.22. The summed E-state index contributed by atoms with van der Waals surface area (Å²) in [4.78, 5) is 4.27. The third-order valence-corrected chi connectivity index (χ3v) is 2.97. The molecule has 3 nitrogen and oxygen atoms in total. The molecule has 0 amide bonds. The molecule has 0 aliphatic heterocycles. The highest BCUT2D eigenvalue weighted by atomic mass is 16.3. The normalized spacial score (nSPS) is 14.8. The molecule has 2 aromatic rings. The highest BCUT2D eigenvalue weighted by molar-refractivity contribution is 5.79. The SMILES string of the molecule is CCNC(C)C(O)c1ccc2ncccc2c1. The fourth-order valence-corrected chi connectivity index (χ4v) is 2.00. The molecule has 3 heteroatoms. The van der Waals surface area contributed by atoms with Gasteiger partial charge in [0.25, 0.3) is 0 Å². The summed E-state index contributed by atoms with van der Waals surface area (Å²) in [6.45, 7) is 4.88. The summed E-state index contributed by atoms with van der Waals surface area (Å²) in [5.74, 6) is 0. The molecular weight excluding hydrogens is 212 g/mol. The van der Waals surface area contributed by atoms with Gasteiger partial charge in [0.1, 0.15) is 0 Å². The van der Waals surface area contributed by atoms with Crippen molar-refractivity contribution in [2.75, 3.05) is 6.54 Å². The lowest BCUT2D eigenvalue weighted by Crippen LogP contribution is -2.31. The van der Waals surface area contributed by atoms with Gasteiger partial charge < -0.3 is 10.4 Å². The van der Waals surface area contributed by atoms with E-state index in [2.05, 4.69) is 10.3 Å². The fourth-order valence-electron chi connectivity index (χ4n) is 2.00. The number of pyridine rings is 1. The molecule has 0 fully saturated rings. The lowest BCUT2D eigenvalue weighted by Gasteiger charge is -2.20. The van der Waals surface area contributed by atoms with Gasteiger partial charge in [0.05, 0.1) is 11.6 Å². The van der Waals surface area contributed by atoms with Crippen LogP contribution in [0, 0.1) is 0 Å². The minimum atomic E-state index is -0.487. The van der Waals surface area contributed by atoms with Crippen LogP contribution in [-0.4, -0.2) is 22.7 Å². The van der Waals surface area contributed by atoms with Crippen molar-refractivity contribution in [3.8, 4) is 0 Å². The molecule has 90 valence electrons. The van der Waals surface area contributed by atoms with E-state index in [1.165, 1.54) is 0 Å².